The fourth-order valence-electron chi connectivity index (χ4n) is 3.59. The third-order valence-electron chi connectivity index (χ3n) is 5.33. The van der Waals surface area contributed by atoms with E-state index in [0.717, 1.165) is 21.1 Å². The quantitative estimate of drug-likeness (QED) is 0.562. The van der Waals surface area contributed by atoms with Crippen LogP contribution in [0.15, 0.2) is 47.4 Å². The normalized spacial score (nSPS) is 14.8. The van der Waals surface area contributed by atoms with Crippen LogP contribution in [-0.2, 0) is 9.84 Å². The van der Waals surface area contributed by atoms with Crippen molar-refractivity contribution in [3.05, 3.63) is 48.0 Å². The zero-order chi connectivity index (χ0) is 22.0. The van der Waals surface area contributed by atoms with Crippen LogP contribution in [0.2, 0.25) is 0 Å². The highest BCUT2D eigenvalue weighted by molar-refractivity contribution is 7.91. The molecule has 164 valence electrons. The summed E-state index contributed by atoms with van der Waals surface area (Å²) in [5, 5.41) is 0.922. The molecule has 31 heavy (non-hydrogen) atoms. The molecule has 1 aliphatic heterocycles. The van der Waals surface area contributed by atoms with Crippen LogP contribution in [0.1, 0.15) is 24.2 Å². The van der Waals surface area contributed by atoms with Crippen LogP contribution in [-0.4, -0.2) is 62.7 Å². The molecule has 0 saturated carbocycles. The molecule has 0 aliphatic carbocycles. The van der Waals surface area contributed by atoms with Crippen molar-refractivity contribution < 1.29 is 17.9 Å². The number of hydrogen-bond donors (Lipinski definition) is 0. The summed E-state index contributed by atoms with van der Waals surface area (Å²) in [6.07, 6.45) is 0. The Bertz CT molecular complexity index is 1200. The van der Waals surface area contributed by atoms with Gasteiger partial charge in [-0.25, -0.2) is 13.4 Å². The molecule has 1 fully saturated rings. The first-order valence-corrected chi connectivity index (χ1v) is 12.8. The third kappa shape index (κ3) is 4.38. The maximum Gasteiger partial charge on any atom is 0.254 e. The Hall–Kier alpha value is -2.65. The standard InChI is InChI=1S/C22H25N3O4S2/c1-3-29-18-9-6-10-19-20(18)23-22(30-19)25-13-11-24(12-14-25)21(26)16-7-5-8-17(15-16)31(27,28)4-2/h5-10,15H,3-4,11-14H2,1-2H3. The molecule has 1 saturated heterocycles. The van der Waals surface area contributed by atoms with Crippen LogP contribution < -0.4 is 9.64 Å². The Balaban J connectivity index is 1.47. The molecule has 0 bridgehead atoms. The minimum Gasteiger partial charge on any atom is -0.492 e. The number of ether oxygens (including phenoxy) is 1. The van der Waals surface area contributed by atoms with E-state index < -0.39 is 9.84 Å². The number of amides is 1. The fraction of sp³-hybridized carbons (Fsp3) is 0.364. The van der Waals surface area contributed by atoms with Crippen molar-refractivity contribution in [1.29, 1.82) is 0 Å². The summed E-state index contributed by atoms with van der Waals surface area (Å²) >= 11 is 1.62. The molecular formula is C22H25N3O4S2. The fourth-order valence-corrected chi connectivity index (χ4v) is 5.55. The van der Waals surface area contributed by atoms with Crippen LogP contribution in [0.3, 0.4) is 0 Å². The molecule has 0 atom stereocenters. The lowest BCUT2D eigenvalue weighted by Gasteiger charge is -2.34. The first kappa shape index (κ1) is 21.6. The van der Waals surface area contributed by atoms with E-state index in [1.165, 1.54) is 12.1 Å². The van der Waals surface area contributed by atoms with Gasteiger partial charge in [0, 0.05) is 31.7 Å². The van der Waals surface area contributed by atoms with Gasteiger partial charge in [-0.1, -0.05) is 30.4 Å². The number of thiazole rings is 1. The van der Waals surface area contributed by atoms with Gasteiger partial charge < -0.3 is 14.5 Å². The smallest absolute Gasteiger partial charge is 0.254 e. The van der Waals surface area contributed by atoms with Gasteiger partial charge in [-0.05, 0) is 37.3 Å². The van der Waals surface area contributed by atoms with Crippen LogP contribution in [0, 0.1) is 0 Å². The Morgan fingerprint density at radius 2 is 1.84 bits per heavy atom. The number of para-hydroxylation sites is 1. The van der Waals surface area contributed by atoms with E-state index in [0.29, 0.717) is 38.3 Å². The molecule has 1 aromatic heterocycles. The Kier molecular flexibility index (Phi) is 6.15. The van der Waals surface area contributed by atoms with E-state index >= 15 is 0 Å². The predicted molar refractivity (Wildman–Crippen MR) is 123 cm³/mol. The van der Waals surface area contributed by atoms with Gasteiger partial charge in [0.15, 0.2) is 15.0 Å². The molecule has 0 spiro atoms. The molecule has 7 nitrogen and oxygen atoms in total. The molecule has 9 heteroatoms. The topological polar surface area (TPSA) is 79.8 Å². The van der Waals surface area contributed by atoms with Gasteiger partial charge in [0.05, 0.1) is 22.0 Å². The molecule has 2 heterocycles. The number of carbonyl (C=O) groups excluding carboxylic acids is 1. The van der Waals surface area contributed by atoms with Gasteiger partial charge in [-0.2, -0.15) is 0 Å². The first-order chi connectivity index (χ1) is 14.9. The second-order valence-corrected chi connectivity index (χ2v) is 10.5. The van der Waals surface area contributed by atoms with Crippen LogP contribution >= 0.6 is 11.3 Å². The highest BCUT2D eigenvalue weighted by atomic mass is 32.2. The van der Waals surface area contributed by atoms with Crippen LogP contribution in [0.25, 0.3) is 10.2 Å². The van der Waals surface area contributed by atoms with Crippen molar-refractivity contribution in [1.82, 2.24) is 9.88 Å². The number of nitrogens with zero attached hydrogens (tertiary/aromatic N) is 3. The Morgan fingerprint density at radius 1 is 1.10 bits per heavy atom. The van der Waals surface area contributed by atoms with E-state index in [4.69, 9.17) is 9.72 Å². The number of aromatic nitrogens is 1. The lowest BCUT2D eigenvalue weighted by molar-refractivity contribution is 0.0746. The van der Waals surface area contributed by atoms with Gasteiger partial charge in [-0.15, -0.1) is 0 Å². The zero-order valence-electron chi connectivity index (χ0n) is 17.6. The summed E-state index contributed by atoms with van der Waals surface area (Å²) in [7, 11) is -3.35. The SMILES string of the molecule is CCOc1cccc2sc(N3CCN(C(=O)c4cccc(S(=O)(=O)CC)c4)CC3)nc12. The number of anilines is 1. The van der Waals surface area contributed by atoms with Crippen molar-refractivity contribution in [3.63, 3.8) is 0 Å². The minimum atomic E-state index is -3.35. The van der Waals surface area contributed by atoms with Gasteiger partial charge in [0.25, 0.3) is 5.91 Å². The summed E-state index contributed by atoms with van der Waals surface area (Å²) in [5.41, 5.74) is 1.28. The molecule has 2 aromatic carbocycles. The predicted octanol–water partition coefficient (Wildman–Crippen LogP) is 3.45. The lowest BCUT2D eigenvalue weighted by atomic mass is 10.2. The summed E-state index contributed by atoms with van der Waals surface area (Å²) in [4.78, 5) is 21.9. The number of benzene rings is 2. The van der Waals surface area contributed by atoms with Gasteiger partial charge in [-0.3, -0.25) is 4.79 Å². The van der Waals surface area contributed by atoms with Crippen molar-refractivity contribution in [2.75, 3.05) is 43.4 Å². The summed E-state index contributed by atoms with van der Waals surface area (Å²) in [5.74, 6) is 0.658. The van der Waals surface area contributed by atoms with Crippen molar-refractivity contribution >= 4 is 42.4 Å². The molecule has 4 rings (SSSR count). The van der Waals surface area contributed by atoms with Crippen LogP contribution in [0.4, 0.5) is 5.13 Å². The van der Waals surface area contributed by atoms with E-state index in [-0.39, 0.29) is 16.6 Å². The molecule has 1 amide bonds. The van der Waals surface area contributed by atoms with E-state index in [2.05, 4.69) is 4.90 Å². The summed E-state index contributed by atoms with van der Waals surface area (Å²) < 4.78 is 31.1. The van der Waals surface area contributed by atoms with Crippen molar-refractivity contribution in [3.8, 4) is 5.75 Å². The Labute approximate surface area is 186 Å². The van der Waals surface area contributed by atoms with E-state index in [1.807, 2.05) is 25.1 Å². The lowest BCUT2D eigenvalue weighted by Crippen LogP contribution is -2.48. The summed E-state index contributed by atoms with van der Waals surface area (Å²) in [6, 6.07) is 12.3. The highest BCUT2D eigenvalue weighted by Crippen LogP contribution is 2.34. The largest absolute Gasteiger partial charge is 0.492 e. The molecule has 0 N–H and O–H groups in total. The number of rotatable bonds is 6. The summed E-state index contributed by atoms with van der Waals surface area (Å²) in [6.45, 7) is 6.59. The number of sulfone groups is 1. The minimum absolute atomic E-state index is 0.0104. The van der Waals surface area contributed by atoms with Gasteiger partial charge in [0.2, 0.25) is 0 Å². The average molecular weight is 460 g/mol. The molecular weight excluding hydrogens is 434 g/mol. The maximum atomic E-state index is 13.0. The molecule has 0 unspecified atom stereocenters. The number of piperazine rings is 1. The molecule has 1 aliphatic rings. The van der Waals surface area contributed by atoms with Crippen LogP contribution in [0.5, 0.6) is 5.75 Å². The van der Waals surface area contributed by atoms with Crippen molar-refractivity contribution in [2.24, 2.45) is 0 Å². The van der Waals surface area contributed by atoms with Crippen molar-refractivity contribution in [2.45, 2.75) is 18.7 Å². The molecule has 0 radical (unpaired) electrons. The number of fused-ring (bicyclic) bond motifs is 1. The third-order valence-corrected chi connectivity index (χ3v) is 8.14. The first-order valence-electron chi connectivity index (χ1n) is 10.3. The number of carbonyl (C=O) groups is 1. The second kappa shape index (κ2) is 8.84. The van der Waals surface area contributed by atoms with Gasteiger partial charge >= 0.3 is 0 Å². The second-order valence-electron chi connectivity index (χ2n) is 7.24. The Morgan fingerprint density at radius 3 is 2.55 bits per heavy atom. The van der Waals surface area contributed by atoms with E-state index in [1.54, 1.807) is 35.3 Å². The highest BCUT2D eigenvalue weighted by Gasteiger charge is 2.25. The van der Waals surface area contributed by atoms with E-state index in [9.17, 15) is 13.2 Å². The maximum absolute atomic E-state index is 13.0. The monoisotopic (exact) mass is 459 g/mol. The van der Waals surface area contributed by atoms with Gasteiger partial charge in [0.1, 0.15) is 11.3 Å². The zero-order valence-corrected chi connectivity index (χ0v) is 19.2. The average Bonchev–Trinajstić information content (AvgIpc) is 3.24. The molecule has 3 aromatic rings. The number of hydrogen-bond acceptors (Lipinski definition) is 7.